The monoisotopic (exact) mass is 416 g/mol. The van der Waals surface area contributed by atoms with Gasteiger partial charge in [-0.25, -0.2) is 4.79 Å². The van der Waals surface area contributed by atoms with Crippen molar-refractivity contribution in [3.63, 3.8) is 0 Å². The van der Waals surface area contributed by atoms with E-state index in [1.807, 2.05) is 4.90 Å². The summed E-state index contributed by atoms with van der Waals surface area (Å²) in [4.78, 5) is 27.6. The van der Waals surface area contributed by atoms with E-state index in [1.165, 1.54) is 12.8 Å². The first-order valence-electron chi connectivity index (χ1n) is 9.51. The Labute approximate surface area is 165 Å². The lowest BCUT2D eigenvalue weighted by Gasteiger charge is -2.39. The molecule has 160 valence electrons. The van der Waals surface area contributed by atoms with Crippen LogP contribution < -0.4 is 0 Å². The van der Waals surface area contributed by atoms with Crippen LogP contribution in [-0.4, -0.2) is 71.1 Å². The molecule has 29 heavy (non-hydrogen) atoms. The van der Waals surface area contributed by atoms with Gasteiger partial charge in [0.25, 0.3) is 5.91 Å². The lowest BCUT2D eigenvalue weighted by molar-refractivity contribution is -0.192. The number of ether oxygens (including phenoxy) is 2. The number of amides is 1. The SMILES string of the molecule is O=C(O)C(F)(F)F.O=C(c1ccncc1)N1CCO[C@H]2[C@H](OCC3CC3)CC[C@@H]21. The highest BCUT2D eigenvalue weighted by molar-refractivity contribution is 5.94. The fraction of sp³-hybridized carbons (Fsp3) is 0.632. The molecular weight excluding hydrogens is 393 g/mol. The molecule has 0 unspecified atom stereocenters. The first kappa shape index (κ1) is 21.5. The van der Waals surface area contributed by atoms with E-state index >= 15 is 0 Å². The van der Waals surface area contributed by atoms with Gasteiger partial charge in [-0.05, 0) is 43.7 Å². The molecule has 1 aromatic rings. The maximum Gasteiger partial charge on any atom is 0.490 e. The van der Waals surface area contributed by atoms with Gasteiger partial charge in [0.1, 0.15) is 6.10 Å². The number of hydrogen-bond acceptors (Lipinski definition) is 5. The molecule has 3 aliphatic rings. The summed E-state index contributed by atoms with van der Waals surface area (Å²) in [6.45, 7) is 2.12. The fourth-order valence-corrected chi connectivity index (χ4v) is 3.55. The topological polar surface area (TPSA) is 89.0 Å². The fourth-order valence-electron chi connectivity index (χ4n) is 3.55. The van der Waals surface area contributed by atoms with Crippen LogP contribution in [0.15, 0.2) is 24.5 Å². The van der Waals surface area contributed by atoms with E-state index < -0.39 is 12.1 Å². The molecule has 1 saturated heterocycles. The number of halogens is 3. The summed E-state index contributed by atoms with van der Waals surface area (Å²) >= 11 is 0. The Kier molecular flexibility index (Phi) is 6.74. The zero-order valence-corrected chi connectivity index (χ0v) is 15.7. The van der Waals surface area contributed by atoms with Gasteiger partial charge in [0.2, 0.25) is 0 Å². The van der Waals surface area contributed by atoms with Crippen molar-refractivity contribution in [1.29, 1.82) is 0 Å². The maximum atomic E-state index is 12.7. The number of aliphatic carboxylic acids is 1. The summed E-state index contributed by atoms with van der Waals surface area (Å²) in [5, 5.41) is 7.12. The zero-order valence-electron chi connectivity index (χ0n) is 15.7. The van der Waals surface area contributed by atoms with Crippen molar-refractivity contribution in [2.24, 2.45) is 5.92 Å². The largest absolute Gasteiger partial charge is 0.490 e. The highest BCUT2D eigenvalue weighted by atomic mass is 19.4. The molecule has 0 spiro atoms. The van der Waals surface area contributed by atoms with E-state index in [0.29, 0.717) is 18.7 Å². The number of aromatic nitrogens is 1. The number of morpholine rings is 1. The minimum Gasteiger partial charge on any atom is -0.475 e. The minimum atomic E-state index is -5.08. The second-order valence-electron chi connectivity index (χ2n) is 7.33. The molecule has 10 heteroatoms. The lowest BCUT2D eigenvalue weighted by atomic mass is 10.1. The van der Waals surface area contributed by atoms with Crippen LogP contribution in [0, 0.1) is 5.92 Å². The van der Waals surface area contributed by atoms with Crippen LogP contribution in [0.4, 0.5) is 13.2 Å². The van der Waals surface area contributed by atoms with Crippen LogP contribution in [-0.2, 0) is 14.3 Å². The third kappa shape index (κ3) is 5.66. The molecule has 1 aliphatic heterocycles. The van der Waals surface area contributed by atoms with E-state index in [9.17, 15) is 18.0 Å². The summed E-state index contributed by atoms with van der Waals surface area (Å²) in [6.07, 6.45) is 3.00. The Balaban J connectivity index is 0.000000298. The van der Waals surface area contributed by atoms with Gasteiger partial charge in [0, 0.05) is 31.1 Å². The van der Waals surface area contributed by atoms with Gasteiger partial charge < -0.3 is 19.5 Å². The Morgan fingerprint density at radius 3 is 2.45 bits per heavy atom. The predicted octanol–water partition coefficient (Wildman–Crippen LogP) is 2.51. The standard InChI is InChI=1S/C17H22N2O3.C2HF3O2/c20-17(13-5-7-18-8-6-13)19-9-10-21-16-14(19)3-4-15(16)22-11-12-1-2-12;3-2(4,5)1(6)7/h5-8,12,14-16H,1-4,9-11H2;(H,6,7)/t14-,15+,16+;/m0./s1. The van der Waals surface area contributed by atoms with Crippen LogP contribution in [0.1, 0.15) is 36.0 Å². The van der Waals surface area contributed by atoms with Gasteiger partial charge in [0.05, 0.1) is 18.8 Å². The van der Waals surface area contributed by atoms with Crippen LogP contribution in [0.5, 0.6) is 0 Å². The molecule has 3 fully saturated rings. The molecule has 0 radical (unpaired) electrons. The number of carbonyl (C=O) groups is 2. The Morgan fingerprint density at radius 2 is 1.86 bits per heavy atom. The molecule has 0 aromatic carbocycles. The van der Waals surface area contributed by atoms with Gasteiger partial charge in [-0.15, -0.1) is 0 Å². The number of rotatable bonds is 4. The number of nitrogens with zero attached hydrogens (tertiary/aromatic N) is 2. The number of fused-ring (bicyclic) bond motifs is 1. The number of carboxylic acids is 1. The summed E-state index contributed by atoms with van der Waals surface area (Å²) < 4.78 is 43.7. The molecule has 1 amide bonds. The third-order valence-corrected chi connectivity index (χ3v) is 5.21. The lowest BCUT2D eigenvalue weighted by Crippen LogP contribution is -2.53. The first-order chi connectivity index (χ1) is 13.8. The summed E-state index contributed by atoms with van der Waals surface area (Å²) in [5.41, 5.74) is 0.706. The molecule has 2 aliphatic carbocycles. The van der Waals surface area contributed by atoms with Gasteiger partial charge in [-0.2, -0.15) is 13.2 Å². The van der Waals surface area contributed by atoms with E-state index in [0.717, 1.165) is 25.4 Å². The van der Waals surface area contributed by atoms with E-state index in [1.54, 1.807) is 24.5 Å². The smallest absolute Gasteiger partial charge is 0.475 e. The van der Waals surface area contributed by atoms with Crippen molar-refractivity contribution in [2.75, 3.05) is 19.8 Å². The molecule has 2 saturated carbocycles. The highest BCUT2D eigenvalue weighted by Gasteiger charge is 2.45. The third-order valence-electron chi connectivity index (χ3n) is 5.21. The number of carboxylic acid groups (broad SMARTS) is 1. The average Bonchev–Trinajstić information content (AvgIpc) is 3.44. The Bertz CT molecular complexity index is 712. The normalized spacial score (nSPS) is 26.3. The van der Waals surface area contributed by atoms with E-state index in [2.05, 4.69) is 4.98 Å². The zero-order chi connectivity index (χ0) is 21.0. The molecule has 3 atom stereocenters. The second kappa shape index (κ2) is 9.08. The second-order valence-corrected chi connectivity index (χ2v) is 7.33. The Hall–Kier alpha value is -2.20. The van der Waals surface area contributed by atoms with Crippen LogP contribution >= 0.6 is 0 Å². The number of alkyl halides is 3. The molecule has 2 heterocycles. The van der Waals surface area contributed by atoms with Crippen LogP contribution in [0.25, 0.3) is 0 Å². The summed E-state index contributed by atoms with van der Waals surface area (Å²) in [6, 6.07) is 3.71. The van der Waals surface area contributed by atoms with Crippen molar-refractivity contribution in [2.45, 2.75) is 50.1 Å². The summed E-state index contributed by atoms with van der Waals surface area (Å²) in [7, 11) is 0. The van der Waals surface area contributed by atoms with Crippen molar-refractivity contribution in [1.82, 2.24) is 9.88 Å². The van der Waals surface area contributed by atoms with E-state index in [-0.39, 0.29) is 24.2 Å². The molecule has 4 rings (SSSR count). The first-order valence-corrected chi connectivity index (χ1v) is 9.51. The summed E-state index contributed by atoms with van der Waals surface area (Å²) in [5.74, 6) is -1.91. The molecule has 1 aromatic heterocycles. The van der Waals surface area contributed by atoms with Crippen molar-refractivity contribution in [3.8, 4) is 0 Å². The van der Waals surface area contributed by atoms with Gasteiger partial charge >= 0.3 is 12.1 Å². The molecular formula is C19H23F3N2O5. The minimum absolute atomic E-state index is 0.0401. The van der Waals surface area contributed by atoms with Crippen molar-refractivity contribution in [3.05, 3.63) is 30.1 Å². The van der Waals surface area contributed by atoms with Crippen LogP contribution in [0.2, 0.25) is 0 Å². The van der Waals surface area contributed by atoms with Gasteiger partial charge in [0.15, 0.2) is 0 Å². The molecule has 0 bridgehead atoms. The Morgan fingerprint density at radius 1 is 1.21 bits per heavy atom. The van der Waals surface area contributed by atoms with Crippen molar-refractivity contribution < 1.29 is 37.3 Å². The number of hydrogen-bond donors (Lipinski definition) is 1. The number of carbonyl (C=O) groups excluding carboxylic acids is 1. The van der Waals surface area contributed by atoms with E-state index in [4.69, 9.17) is 19.4 Å². The molecule has 7 nitrogen and oxygen atoms in total. The predicted molar refractivity (Wildman–Crippen MR) is 94.2 cm³/mol. The van der Waals surface area contributed by atoms with Gasteiger partial charge in [-0.3, -0.25) is 9.78 Å². The average molecular weight is 416 g/mol. The highest BCUT2D eigenvalue weighted by Crippen LogP contribution is 2.35. The maximum absolute atomic E-state index is 12.7. The van der Waals surface area contributed by atoms with Crippen LogP contribution in [0.3, 0.4) is 0 Å². The van der Waals surface area contributed by atoms with Gasteiger partial charge in [-0.1, -0.05) is 0 Å². The number of pyridine rings is 1. The van der Waals surface area contributed by atoms with Crippen molar-refractivity contribution >= 4 is 11.9 Å². The quantitative estimate of drug-likeness (QED) is 0.812. The molecule has 1 N–H and O–H groups in total.